The second kappa shape index (κ2) is 10.3. The summed E-state index contributed by atoms with van der Waals surface area (Å²) >= 11 is 0. The number of nitrogens with zero attached hydrogens (tertiary/aromatic N) is 1. The fourth-order valence-corrected chi connectivity index (χ4v) is 4.34. The van der Waals surface area contributed by atoms with Gasteiger partial charge < -0.3 is 10.6 Å². The molecule has 2 aromatic rings. The van der Waals surface area contributed by atoms with Gasteiger partial charge in [-0.25, -0.2) is 8.42 Å². The molecule has 0 saturated heterocycles. The number of guanidine groups is 1. The molecule has 0 heterocycles. The van der Waals surface area contributed by atoms with Crippen LogP contribution < -0.4 is 10.6 Å². The van der Waals surface area contributed by atoms with Crippen LogP contribution in [0.4, 0.5) is 0 Å². The lowest BCUT2D eigenvalue weighted by Gasteiger charge is -2.26. The maximum atomic E-state index is 12.3. The maximum absolute atomic E-state index is 12.3. The molecule has 0 radical (unpaired) electrons. The highest BCUT2D eigenvalue weighted by Gasteiger charge is 2.20. The number of benzene rings is 2. The molecule has 0 amide bonds. The molecule has 28 heavy (non-hydrogen) atoms. The van der Waals surface area contributed by atoms with E-state index in [1.807, 2.05) is 48.5 Å². The van der Waals surface area contributed by atoms with E-state index in [9.17, 15) is 8.42 Å². The normalized spacial score (nSPS) is 12.6. The molecule has 0 saturated carbocycles. The van der Waals surface area contributed by atoms with Gasteiger partial charge in [-0.1, -0.05) is 74.5 Å². The van der Waals surface area contributed by atoms with Crippen LogP contribution in [0.3, 0.4) is 0 Å². The highest BCUT2D eigenvalue weighted by molar-refractivity contribution is 7.90. The predicted octanol–water partition coefficient (Wildman–Crippen LogP) is 3.13. The van der Waals surface area contributed by atoms with Gasteiger partial charge in [0, 0.05) is 25.6 Å². The summed E-state index contributed by atoms with van der Waals surface area (Å²) in [5.74, 6) is 0.928. The number of rotatable bonds is 9. The third-order valence-corrected chi connectivity index (χ3v) is 6.31. The first-order valence-corrected chi connectivity index (χ1v) is 11.4. The minimum Gasteiger partial charge on any atom is -0.356 e. The Labute approximate surface area is 169 Å². The third kappa shape index (κ3) is 7.35. The molecule has 152 valence electrons. The molecule has 5 nitrogen and oxygen atoms in total. The van der Waals surface area contributed by atoms with Crippen LogP contribution in [-0.4, -0.2) is 40.3 Å². The Morgan fingerprint density at radius 3 is 2.18 bits per heavy atom. The zero-order chi connectivity index (χ0) is 20.5. The van der Waals surface area contributed by atoms with Gasteiger partial charge in [-0.3, -0.25) is 4.99 Å². The number of aliphatic imine (C=N–C) groups is 1. The van der Waals surface area contributed by atoms with Gasteiger partial charge in [0.05, 0.1) is 11.5 Å². The van der Waals surface area contributed by atoms with Gasteiger partial charge in [0.2, 0.25) is 0 Å². The summed E-state index contributed by atoms with van der Waals surface area (Å²) in [6.45, 7) is 5.64. The van der Waals surface area contributed by atoms with E-state index >= 15 is 0 Å². The predicted molar refractivity (Wildman–Crippen MR) is 117 cm³/mol. The Kier molecular flexibility index (Phi) is 8.05. The third-order valence-electron chi connectivity index (χ3n) is 4.63. The van der Waals surface area contributed by atoms with Crippen molar-refractivity contribution in [3.63, 3.8) is 0 Å². The zero-order valence-corrected chi connectivity index (χ0v) is 17.8. The summed E-state index contributed by atoms with van der Waals surface area (Å²) < 4.78 is 24.5. The average Bonchev–Trinajstić information content (AvgIpc) is 2.68. The van der Waals surface area contributed by atoms with Crippen molar-refractivity contribution in [2.24, 2.45) is 4.99 Å². The van der Waals surface area contributed by atoms with Crippen molar-refractivity contribution >= 4 is 15.8 Å². The monoisotopic (exact) mass is 401 g/mol. The van der Waals surface area contributed by atoms with E-state index in [0.717, 1.165) is 12.1 Å². The van der Waals surface area contributed by atoms with Crippen LogP contribution in [0, 0.1) is 0 Å². The maximum Gasteiger partial charge on any atom is 0.191 e. The fraction of sp³-hybridized carbons (Fsp3) is 0.409. The molecule has 0 atom stereocenters. The summed E-state index contributed by atoms with van der Waals surface area (Å²) in [6.07, 6.45) is 0.540. The van der Waals surface area contributed by atoms with E-state index in [-0.39, 0.29) is 16.9 Å². The molecule has 0 aromatic heterocycles. The highest BCUT2D eigenvalue weighted by atomic mass is 32.2. The van der Waals surface area contributed by atoms with E-state index < -0.39 is 9.84 Å². The first kappa shape index (κ1) is 22.0. The summed E-state index contributed by atoms with van der Waals surface area (Å²) in [4.78, 5) is 4.23. The zero-order valence-electron chi connectivity index (χ0n) is 17.0. The molecule has 0 bridgehead atoms. The quantitative estimate of drug-likeness (QED) is 0.385. The SMILES string of the molecule is CN=C(NCCCS(=O)(=O)Cc1ccccc1)NCC(C)(C)c1ccccc1. The number of hydrogen-bond donors (Lipinski definition) is 2. The van der Waals surface area contributed by atoms with E-state index in [2.05, 4.69) is 41.6 Å². The molecule has 0 aliphatic rings. The van der Waals surface area contributed by atoms with Crippen molar-refractivity contribution in [2.75, 3.05) is 25.9 Å². The summed E-state index contributed by atoms with van der Waals surface area (Å²) in [5.41, 5.74) is 2.04. The van der Waals surface area contributed by atoms with Crippen LogP contribution in [0.1, 0.15) is 31.4 Å². The van der Waals surface area contributed by atoms with E-state index in [0.29, 0.717) is 18.9 Å². The lowest BCUT2D eigenvalue weighted by Crippen LogP contribution is -2.43. The summed E-state index contributed by atoms with van der Waals surface area (Å²) in [7, 11) is -1.39. The van der Waals surface area contributed by atoms with Crippen LogP contribution in [-0.2, 0) is 21.0 Å². The molecule has 0 fully saturated rings. The van der Waals surface area contributed by atoms with Crippen LogP contribution in [0.25, 0.3) is 0 Å². The molecule has 2 N–H and O–H groups in total. The number of nitrogens with one attached hydrogen (secondary N) is 2. The molecule has 0 unspecified atom stereocenters. The largest absolute Gasteiger partial charge is 0.356 e. The molecule has 0 aliphatic heterocycles. The van der Waals surface area contributed by atoms with Gasteiger partial charge in [-0.15, -0.1) is 0 Å². The molecule has 2 rings (SSSR count). The van der Waals surface area contributed by atoms with Crippen LogP contribution in [0.15, 0.2) is 65.7 Å². The topological polar surface area (TPSA) is 70.6 Å². The van der Waals surface area contributed by atoms with Gasteiger partial charge in [0.15, 0.2) is 15.8 Å². The molecule has 2 aromatic carbocycles. The van der Waals surface area contributed by atoms with Crippen molar-refractivity contribution in [3.8, 4) is 0 Å². The lowest BCUT2D eigenvalue weighted by molar-refractivity contribution is 0.508. The van der Waals surface area contributed by atoms with Gasteiger partial charge >= 0.3 is 0 Å². The first-order chi connectivity index (χ1) is 13.3. The van der Waals surface area contributed by atoms with E-state index in [1.54, 1.807) is 7.05 Å². The highest BCUT2D eigenvalue weighted by Crippen LogP contribution is 2.21. The van der Waals surface area contributed by atoms with Crippen LogP contribution in [0.2, 0.25) is 0 Å². The fourth-order valence-electron chi connectivity index (χ4n) is 2.92. The Morgan fingerprint density at radius 1 is 0.964 bits per heavy atom. The van der Waals surface area contributed by atoms with Gasteiger partial charge in [0.25, 0.3) is 0 Å². The second-order valence-corrected chi connectivity index (χ2v) is 9.72. The van der Waals surface area contributed by atoms with E-state index in [1.165, 1.54) is 5.56 Å². The van der Waals surface area contributed by atoms with Crippen LogP contribution >= 0.6 is 0 Å². The first-order valence-electron chi connectivity index (χ1n) is 9.57. The number of sulfone groups is 1. The Morgan fingerprint density at radius 2 is 1.57 bits per heavy atom. The summed E-state index contributed by atoms with van der Waals surface area (Å²) in [6, 6.07) is 19.6. The average molecular weight is 402 g/mol. The Balaban J connectivity index is 1.75. The van der Waals surface area contributed by atoms with Gasteiger partial charge in [0.1, 0.15) is 0 Å². The molecular weight excluding hydrogens is 370 g/mol. The lowest BCUT2D eigenvalue weighted by atomic mass is 9.85. The Hall–Kier alpha value is -2.34. The minimum absolute atomic E-state index is 0.0437. The Bertz CT molecular complexity index is 848. The van der Waals surface area contributed by atoms with Crippen molar-refractivity contribution in [1.29, 1.82) is 0 Å². The molecule has 0 spiro atoms. The smallest absolute Gasteiger partial charge is 0.191 e. The van der Waals surface area contributed by atoms with Crippen LogP contribution in [0.5, 0.6) is 0 Å². The van der Waals surface area contributed by atoms with Crippen molar-refractivity contribution < 1.29 is 8.42 Å². The second-order valence-electron chi connectivity index (χ2n) is 7.53. The van der Waals surface area contributed by atoms with E-state index in [4.69, 9.17) is 0 Å². The summed E-state index contributed by atoms with van der Waals surface area (Å²) in [5, 5.41) is 6.54. The van der Waals surface area contributed by atoms with Gasteiger partial charge in [-0.05, 0) is 17.5 Å². The minimum atomic E-state index is -3.11. The van der Waals surface area contributed by atoms with Crippen molar-refractivity contribution in [2.45, 2.75) is 31.4 Å². The van der Waals surface area contributed by atoms with Gasteiger partial charge in [-0.2, -0.15) is 0 Å². The number of hydrogen-bond acceptors (Lipinski definition) is 3. The molecule has 0 aliphatic carbocycles. The molecular formula is C22H31N3O2S. The van der Waals surface area contributed by atoms with Crippen molar-refractivity contribution in [3.05, 3.63) is 71.8 Å². The van der Waals surface area contributed by atoms with Crippen molar-refractivity contribution in [1.82, 2.24) is 10.6 Å². The standard InChI is InChI=1S/C22H31N3O2S/c1-22(2,20-13-8-5-9-14-20)18-25-21(23-3)24-15-10-16-28(26,27)17-19-11-6-4-7-12-19/h4-9,11-14H,10,15-18H2,1-3H3,(H2,23,24,25). The molecule has 6 heteroatoms.